The number of fused-ring (bicyclic) bond motifs is 1. The predicted octanol–water partition coefficient (Wildman–Crippen LogP) is 0.475. The maximum atomic E-state index is 11.6. The van der Waals surface area contributed by atoms with E-state index < -0.39 is 15.6 Å². The zero-order chi connectivity index (χ0) is 21.1. The number of hydrogen-bond acceptors (Lipinski definition) is 5. The molecular formula is C20H33N5O3S. The highest BCUT2D eigenvalue weighted by atomic mass is 32.2. The van der Waals surface area contributed by atoms with Gasteiger partial charge in [-0.2, -0.15) is 0 Å². The van der Waals surface area contributed by atoms with E-state index in [1.807, 2.05) is 19.9 Å². The van der Waals surface area contributed by atoms with Crippen LogP contribution in [0, 0.1) is 0 Å². The molecule has 2 heterocycles. The molecule has 0 bridgehead atoms. The third-order valence-corrected chi connectivity index (χ3v) is 6.23. The van der Waals surface area contributed by atoms with Gasteiger partial charge in [0.15, 0.2) is 5.96 Å². The topological polar surface area (TPSA) is 86.3 Å². The van der Waals surface area contributed by atoms with Crippen molar-refractivity contribution in [2.24, 2.45) is 4.99 Å². The van der Waals surface area contributed by atoms with Crippen molar-refractivity contribution in [1.82, 2.24) is 19.8 Å². The fraction of sp³-hybridized carbons (Fsp3) is 0.650. The third-order valence-electron chi connectivity index (χ3n) is 5.31. The average Bonchev–Trinajstić information content (AvgIpc) is 3.06. The number of rotatable bonds is 6. The van der Waals surface area contributed by atoms with Crippen molar-refractivity contribution in [3.63, 3.8) is 0 Å². The van der Waals surface area contributed by atoms with Crippen LogP contribution in [-0.2, 0) is 21.3 Å². The number of guanidine groups is 1. The van der Waals surface area contributed by atoms with Gasteiger partial charge in [-0.25, -0.2) is 13.1 Å². The number of aliphatic imine (C=N–C) groups is 1. The fourth-order valence-electron chi connectivity index (χ4n) is 4.12. The van der Waals surface area contributed by atoms with E-state index in [1.54, 1.807) is 7.05 Å². The molecular weight excluding hydrogens is 390 g/mol. The second-order valence-electron chi connectivity index (χ2n) is 8.50. The fourth-order valence-corrected chi connectivity index (χ4v) is 5.19. The summed E-state index contributed by atoms with van der Waals surface area (Å²) in [5.41, 5.74) is 0.689. The Morgan fingerprint density at radius 3 is 2.66 bits per heavy atom. The first-order valence-corrected chi connectivity index (χ1v) is 11.9. The maximum absolute atomic E-state index is 11.6. The molecule has 0 aromatic heterocycles. The second kappa shape index (κ2) is 8.99. The molecule has 1 aromatic rings. The molecule has 2 aliphatic rings. The zero-order valence-electron chi connectivity index (χ0n) is 17.8. The minimum atomic E-state index is -3.28. The molecule has 2 fully saturated rings. The molecule has 1 aromatic carbocycles. The van der Waals surface area contributed by atoms with Gasteiger partial charge in [0.25, 0.3) is 0 Å². The van der Waals surface area contributed by atoms with Gasteiger partial charge in [-0.15, -0.1) is 0 Å². The minimum absolute atomic E-state index is 0.146. The molecule has 8 nitrogen and oxygen atoms in total. The summed E-state index contributed by atoms with van der Waals surface area (Å²) in [6, 6.07) is 10.8. The first-order chi connectivity index (χ1) is 13.7. The van der Waals surface area contributed by atoms with Crippen LogP contribution in [0.5, 0.6) is 0 Å². The molecule has 3 rings (SSSR count). The van der Waals surface area contributed by atoms with Crippen LogP contribution in [0.1, 0.15) is 19.4 Å². The first-order valence-electron chi connectivity index (χ1n) is 10.0. The Morgan fingerprint density at radius 1 is 1.28 bits per heavy atom. The summed E-state index contributed by atoms with van der Waals surface area (Å²) in [5, 5.41) is 3.32. The van der Waals surface area contributed by atoms with Crippen LogP contribution in [0.3, 0.4) is 0 Å². The number of ether oxygens (including phenoxy) is 1. The lowest BCUT2D eigenvalue weighted by Crippen LogP contribution is -2.53. The number of nitrogens with one attached hydrogen (secondary N) is 2. The number of sulfonamides is 1. The summed E-state index contributed by atoms with van der Waals surface area (Å²) in [5.74, 6) is 0.769. The Labute approximate surface area is 174 Å². The summed E-state index contributed by atoms with van der Waals surface area (Å²) in [7, 11) is -1.53. The molecule has 29 heavy (non-hydrogen) atoms. The number of likely N-dealkylation sites (tertiary alicyclic amines) is 1. The van der Waals surface area contributed by atoms with E-state index in [9.17, 15) is 8.42 Å². The number of benzene rings is 1. The van der Waals surface area contributed by atoms with Gasteiger partial charge in [-0.1, -0.05) is 30.3 Å². The van der Waals surface area contributed by atoms with Crippen molar-refractivity contribution < 1.29 is 13.2 Å². The Hall–Kier alpha value is -1.68. The zero-order valence-corrected chi connectivity index (χ0v) is 18.6. The first kappa shape index (κ1) is 22.0. The van der Waals surface area contributed by atoms with Crippen molar-refractivity contribution in [3.05, 3.63) is 35.9 Å². The van der Waals surface area contributed by atoms with Crippen molar-refractivity contribution in [2.75, 3.05) is 46.1 Å². The molecule has 0 amide bonds. The van der Waals surface area contributed by atoms with Crippen molar-refractivity contribution >= 4 is 16.0 Å². The van der Waals surface area contributed by atoms with Gasteiger partial charge in [-0.3, -0.25) is 9.89 Å². The van der Waals surface area contributed by atoms with Gasteiger partial charge in [0.05, 0.1) is 25.0 Å². The molecule has 0 radical (unpaired) electrons. The lowest BCUT2D eigenvalue weighted by molar-refractivity contribution is -0.0502. The van der Waals surface area contributed by atoms with E-state index in [0.29, 0.717) is 12.6 Å². The quantitative estimate of drug-likeness (QED) is 0.511. The summed E-state index contributed by atoms with van der Waals surface area (Å²) < 4.78 is 31.8. The highest BCUT2D eigenvalue weighted by Gasteiger charge is 2.41. The van der Waals surface area contributed by atoms with Crippen LogP contribution in [-0.4, -0.2) is 88.0 Å². The summed E-state index contributed by atoms with van der Waals surface area (Å²) in [6.07, 6.45) is 1.32. The molecule has 162 valence electrons. The highest BCUT2D eigenvalue weighted by Crippen LogP contribution is 2.24. The average molecular weight is 424 g/mol. The van der Waals surface area contributed by atoms with E-state index in [2.05, 4.69) is 49.1 Å². The SMILES string of the molecule is CN=C(NCC(C)(C)NS(C)(=O)=O)N1CC2OCCN(Cc3ccccc3)C2C1. The lowest BCUT2D eigenvalue weighted by Gasteiger charge is -2.36. The Balaban J connectivity index is 1.61. The normalized spacial score (nSPS) is 23.9. The van der Waals surface area contributed by atoms with Crippen LogP contribution >= 0.6 is 0 Å². The van der Waals surface area contributed by atoms with E-state index in [4.69, 9.17) is 4.74 Å². The largest absolute Gasteiger partial charge is 0.373 e. The monoisotopic (exact) mass is 423 g/mol. The molecule has 0 aliphatic carbocycles. The number of hydrogen-bond donors (Lipinski definition) is 2. The van der Waals surface area contributed by atoms with Gasteiger partial charge in [0, 0.05) is 45.3 Å². The minimum Gasteiger partial charge on any atom is -0.373 e. The smallest absolute Gasteiger partial charge is 0.209 e. The summed E-state index contributed by atoms with van der Waals surface area (Å²) in [4.78, 5) is 9.11. The number of nitrogens with zero attached hydrogens (tertiary/aromatic N) is 3. The highest BCUT2D eigenvalue weighted by molar-refractivity contribution is 7.88. The Kier molecular flexibility index (Phi) is 6.83. The standard InChI is InChI=1S/C20H33N5O3S/c1-20(2,23-29(4,26)27)15-22-19(21-3)25-13-17-18(14-25)28-11-10-24(17)12-16-8-6-5-7-9-16/h5-9,17-18,23H,10-15H2,1-4H3,(H,21,22). The van der Waals surface area contributed by atoms with Crippen molar-refractivity contribution in [2.45, 2.75) is 38.1 Å². The molecule has 2 aliphatic heterocycles. The molecule has 2 N–H and O–H groups in total. The van der Waals surface area contributed by atoms with Gasteiger partial charge in [-0.05, 0) is 19.4 Å². The molecule has 2 saturated heterocycles. The molecule has 0 spiro atoms. The van der Waals surface area contributed by atoms with Crippen LogP contribution in [0.2, 0.25) is 0 Å². The van der Waals surface area contributed by atoms with Crippen LogP contribution in [0.4, 0.5) is 0 Å². The van der Waals surface area contributed by atoms with Gasteiger partial charge < -0.3 is 15.0 Å². The number of morpholine rings is 1. The third kappa shape index (κ3) is 6.15. The second-order valence-corrected chi connectivity index (χ2v) is 10.2. The summed E-state index contributed by atoms with van der Waals surface area (Å²) >= 11 is 0. The lowest BCUT2D eigenvalue weighted by atomic mass is 10.1. The van der Waals surface area contributed by atoms with Gasteiger partial charge >= 0.3 is 0 Å². The van der Waals surface area contributed by atoms with E-state index in [1.165, 1.54) is 11.8 Å². The van der Waals surface area contributed by atoms with E-state index >= 15 is 0 Å². The van der Waals surface area contributed by atoms with Crippen molar-refractivity contribution in [3.8, 4) is 0 Å². The van der Waals surface area contributed by atoms with Crippen LogP contribution < -0.4 is 10.0 Å². The molecule has 0 saturated carbocycles. The molecule has 9 heteroatoms. The van der Waals surface area contributed by atoms with Gasteiger partial charge in [0.1, 0.15) is 0 Å². The van der Waals surface area contributed by atoms with Crippen molar-refractivity contribution in [1.29, 1.82) is 0 Å². The molecule has 2 unspecified atom stereocenters. The predicted molar refractivity (Wildman–Crippen MR) is 115 cm³/mol. The van der Waals surface area contributed by atoms with Crippen LogP contribution in [0.15, 0.2) is 35.3 Å². The van der Waals surface area contributed by atoms with E-state index in [0.717, 1.165) is 38.7 Å². The van der Waals surface area contributed by atoms with Gasteiger partial charge in [0.2, 0.25) is 10.0 Å². The van der Waals surface area contributed by atoms with E-state index in [-0.39, 0.29) is 6.10 Å². The molecule has 2 atom stereocenters. The summed E-state index contributed by atoms with van der Waals surface area (Å²) in [6.45, 7) is 8.31. The Morgan fingerprint density at radius 2 is 2.00 bits per heavy atom. The van der Waals surface area contributed by atoms with Crippen LogP contribution in [0.25, 0.3) is 0 Å². The maximum Gasteiger partial charge on any atom is 0.209 e. The Bertz CT molecular complexity index is 813.